The van der Waals surface area contributed by atoms with Crippen LogP contribution in [0, 0.1) is 0 Å². The number of methoxy groups -OCH3 is 1. The van der Waals surface area contributed by atoms with Crippen molar-refractivity contribution in [3.63, 3.8) is 0 Å². The van der Waals surface area contributed by atoms with E-state index in [1.165, 1.54) is 33.2 Å². The fraction of sp³-hybridized carbons (Fsp3) is 0.440. The van der Waals surface area contributed by atoms with Gasteiger partial charge in [0.25, 0.3) is 5.91 Å². The molecular weight excluding hydrogens is 440 g/mol. The van der Waals surface area contributed by atoms with Gasteiger partial charge in [-0.2, -0.15) is 0 Å². The van der Waals surface area contributed by atoms with E-state index < -0.39 is 36.1 Å². The molecule has 3 atom stereocenters. The Morgan fingerprint density at radius 2 is 1.79 bits per heavy atom. The van der Waals surface area contributed by atoms with Crippen molar-refractivity contribution in [3.8, 4) is 11.5 Å². The first kappa shape index (κ1) is 26.8. The molecule has 0 bridgehead atoms. The maximum atomic E-state index is 12.8. The minimum Gasteiger partial charge on any atom is -0.493 e. The van der Waals surface area contributed by atoms with Gasteiger partial charge in [-0.05, 0) is 25.8 Å². The first-order chi connectivity index (χ1) is 16.3. The van der Waals surface area contributed by atoms with Gasteiger partial charge in [-0.1, -0.05) is 43.7 Å². The molecule has 0 aliphatic carbocycles. The third kappa shape index (κ3) is 7.55. The summed E-state index contributed by atoms with van der Waals surface area (Å²) < 4.78 is 21.9. The number of unbranched alkanes of at least 4 members (excludes halogenated alkanes) is 1. The lowest BCUT2D eigenvalue weighted by atomic mass is 10.1. The fourth-order valence-electron chi connectivity index (χ4n) is 3.17. The molecule has 1 aromatic heterocycles. The van der Waals surface area contributed by atoms with Gasteiger partial charge in [-0.25, -0.2) is 9.78 Å². The van der Waals surface area contributed by atoms with Crippen molar-refractivity contribution in [2.24, 2.45) is 0 Å². The van der Waals surface area contributed by atoms with E-state index in [0.29, 0.717) is 6.61 Å². The molecule has 0 fully saturated rings. The highest BCUT2D eigenvalue weighted by Crippen LogP contribution is 2.30. The Morgan fingerprint density at radius 1 is 1.09 bits per heavy atom. The van der Waals surface area contributed by atoms with E-state index in [2.05, 4.69) is 17.2 Å². The Hall–Kier alpha value is -3.46. The molecule has 1 N–H and O–H groups in total. The van der Waals surface area contributed by atoms with Gasteiger partial charge in [0.15, 0.2) is 11.4 Å². The van der Waals surface area contributed by atoms with Crippen LogP contribution in [-0.2, 0) is 19.1 Å². The summed E-state index contributed by atoms with van der Waals surface area (Å²) in [7, 11) is 1.37. The van der Waals surface area contributed by atoms with Gasteiger partial charge in [-0.3, -0.25) is 9.59 Å². The lowest BCUT2D eigenvalue weighted by Gasteiger charge is -2.26. The Bertz CT molecular complexity index is 965. The molecule has 0 saturated carbocycles. The minimum atomic E-state index is -1.000. The summed E-state index contributed by atoms with van der Waals surface area (Å²) in [5.41, 5.74) is 0.703. The SMILES string of the molecule is CCCCO[C@H](c1ccccc1)[C@H](C)OC(=O)[C@H](C)NC(=O)c1nccc(OC)c1OC(C)=O. The lowest BCUT2D eigenvalue weighted by Crippen LogP contribution is -2.42. The zero-order valence-electron chi connectivity index (χ0n) is 20.2. The van der Waals surface area contributed by atoms with Crippen LogP contribution in [0.4, 0.5) is 0 Å². The summed E-state index contributed by atoms with van der Waals surface area (Å²) >= 11 is 0. The number of hydrogen-bond donors (Lipinski definition) is 1. The molecule has 0 aliphatic rings. The molecule has 0 saturated heterocycles. The van der Waals surface area contributed by atoms with Crippen molar-refractivity contribution < 1.29 is 33.3 Å². The second-order valence-corrected chi connectivity index (χ2v) is 7.68. The van der Waals surface area contributed by atoms with Crippen LogP contribution in [0.1, 0.15) is 62.7 Å². The molecule has 9 nitrogen and oxygen atoms in total. The number of nitrogens with zero attached hydrogens (tertiary/aromatic N) is 1. The third-order valence-corrected chi connectivity index (χ3v) is 4.90. The largest absolute Gasteiger partial charge is 0.493 e. The number of ether oxygens (including phenoxy) is 4. The normalized spacial score (nSPS) is 13.3. The van der Waals surface area contributed by atoms with Gasteiger partial charge < -0.3 is 24.3 Å². The van der Waals surface area contributed by atoms with Crippen molar-refractivity contribution in [2.45, 2.75) is 58.8 Å². The first-order valence-electron chi connectivity index (χ1n) is 11.2. The van der Waals surface area contributed by atoms with Gasteiger partial charge in [0.2, 0.25) is 5.75 Å². The van der Waals surface area contributed by atoms with Crippen molar-refractivity contribution in [2.75, 3.05) is 13.7 Å². The molecule has 1 aromatic carbocycles. The first-order valence-corrected chi connectivity index (χ1v) is 11.2. The second kappa shape index (κ2) is 13.3. The maximum Gasteiger partial charge on any atom is 0.328 e. The predicted octanol–water partition coefficient (Wildman–Crippen LogP) is 3.62. The number of pyridine rings is 1. The topological polar surface area (TPSA) is 113 Å². The molecule has 2 aromatic rings. The van der Waals surface area contributed by atoms with Crippen molar-refractivity contribution in [1.82, 2.24) is 10.3 Å². The van der Waals surface area contributed by atoms with Crippen molar-refractivity contribution in [3.05, 3.63) is 53.9 Å². The molecule has 1 heterocycles. The molecular formula is C25H32N2O7. The van der Waals surface area contributed by atoms with Gasteiger partial charge in [0, 0.05) is 25.8 Å². The zero-order valence-corrected chi connectivity index (χ0v) is 20.2. The van der Waals surface area contributed by atoms with Gasteiger partial charge in [-0.15, -0.1) is 0 Å². The van der Waals surface area contributed by atoms with Gasteiger partial charge in [0.05, 0.1) is 7.11 Å². The number of rotatable bonds is 12. The van der Waals surface area contributed by atoms with Crippen LogP contribution in [0.25, 0.3) is 0 Å². The highest BCUT2D eigenvalue weighted by molar-refractivity contribution is 5.98. The van der Waals surface area contributed by atoms with Crippen LogP contribution < -0.4 is 14.8 Å². The van der Waals surface area contributed by atoms with Crippen LogP contribution in [-0.4, -0.2) is 48.7 Å². The number of amides is 1. The number of benzene rings is 1. The molecule has 0 aliphatic heterocycles. The van der Waals surface area contributed by atoms with E-state index in [1.807, 2.05) is 30.3 Å². The molecule has 184 valence electrons. The number of aromatic nitrogens is 1. The summed E-state index contributed by atoms with van der Waals surface area (Å²) in [6, 6.07) is 9.97. The highest BCUT2D eigenvalue weighted by atomic mass is 16.6. The van der Waals surface area contributed by atoms with E-state index in [0.717, 1.165) is 18.4 Å². The summed E-state index contributed by atoms with van der Waals surface area (Å²) in [6.45, 7) is 7.04. The van der Waals surface area contributed by atoms with E-state index in [9.17, 15) is 14.4 Å². The van der Waals surface area contributed by atoms with Crippen LogP contribution in [0.15, 0.2) is 42.6 Å². The molecule has 34 heavy (non-hydrogen) atoms. The van der Waals surface area contributed by atoms with E-state index in [4.69, 9.17) is 18.9 Å². The number of esters is 2. The molecule has 0 radical (unpaired) electrons. The van der Waals surface area contributed by atoms with E-state index in [1.54, 1.807) is 6.92 Å². The summed E-state index contributed by atoms with van der Waals surface area (Å²) in [5.74, 6) is -1.97. The average molecular weight is 473 g/mol. The monoisotopic (exact) mass is 472 g/mol. The van der Waals surface area contributed by atoms with E-state index in [-0.39, 0.29) is 17.2 Å². The van der Waals surface area contributed by atoms with Crippen molar-refractivity contribution >= 4 is 17.8 Å². The minimum absolute atomic E-state index is 0.127. The maximum absolute atomic E-state index is 12.8. The summed E-state index contributed by atoms with van der Waals surface area (Å²) in [6.07, 6.45) is 2.15. The van der Waals surface area contributed by atoms with Crippen LogP contribution in [0.2, 0.25) is 0 Å². The number of carbonyl (C=O) groups excluding carboxylic acids is 3. The fourth-order valence-corrected chi connectivity index (χ4v) is 3.17. The molecule has 1 amide bonds. The smallest absolute Gasteiger partial charge is 0.328 e. The number of hydrogen-bond acceptors (Lipinski definition) is 8. The summed E-state index contributed by atoms with van der Waals surface area (Å²) in [5, 5.41) is 2.53. The second-order valence-electron chi connectivity index (χ2n) is 7.68. The van der Waals surface area contributed by atoms with E-state index >= 15 is 0 Å². The lowest BCUT2D eigenvalue weighted by molar-refractivity contribution is -0.158. The Balaban J connectivity index is 2.10. The third-order valence-electron chi connectivity index (χ3n) is 4.90. The quantitative estimate of drug-likeness (QED) is 0.368. The van der Waals surface area contributed by atoms with Crippen LogP contribution in [0.3, 0.4) is 0 Å². The predicted molar refractivity (Wildman–Crippen MR) is 125 cm³/mol. The average Bonchev–Trinajstić information content (AvgIpc) is 2.81. The molecule has 2 rings (SSSR count). The molecule has 0 unspecified atom stereocenters. The Labute approximate surface area is 199 Å². The van der Waals surface area contributed by atoms with Crippen LogP contribution >= 0.6 is 0 Å². The zero-order chi connectivity index (χ0) is 25.1. The van der Waals surface area contributed by atoms with Crippen molar-refractivity contribution in [1.29, 1.82) is 0 Å². The van der Waals surface area contributed by atoms with Gasteiger partial charge >= 0.3 is 11.9 Å². The summed E-state index contributed by atoms with van der Waals surface area (Å²) in [4.78, 5) is 41.0. The standard InChI is InChI=1S/C25H32N2O7/c1-6-7-15-32-22(19-11-9-8-10-12-19)17(3)33-25(30)16(2)27-24(29)21-23(34-18(4)28)20(31-5)13-14-26-21/h8-14,16-17,22H,6-7,15H2,1-5H3,(H,27,29)/t16-,17-,22-/m0/s1. The molecule has 9 heteroatoms. The van der Waals surface area contributed by atoms with Crippen LogP contribution in [0.5, 0.6) is 11.5 Å². The van der Waals surface area contributed by atoms with Gasteiger partial charge in [0.1, 0.15) is 18.2 Å². The Morgan fingerprint density at radius 3 is 2.41 bits per heavy atom. The number of nitrogens with one attached hydrogen (secondary N) is 1. The highest BCUT2D eigenvalue weighted by Gasteiger charge is 2.28. The molecule has 0 spiro atoms. The Kier molecular flexibility index (Phi) is 10.5. The number of carbonyl (C=O) groups is 3.